The van der Waals surface area contributed by atoms with Gasteiger partial charge >= 0.3 is 5.97 Å². The number of benzene rings is 2. The van der Waals surface area contributed by atoms with Gasteiger partial charge in [0.05, 0.1) is 18.7 Å². The second kappa shape index (κ2) is 8.07. The van der Waals surface area contributed by atoms with Gasteiger partial charge in [-0.3, -0.25) is 14.5 Å². The number of rotatable bonds is 5. The van der Waals surface area contributed by atoms with Crippen molar-refractivity contribution in [1.29, 1.82) is 0 Å². The van der Waals surface area contributed by atoms with E-state index in [1.54, 1.807) is 23.9 Å². The molecule has 0 saturated heterocycles. The first kappa shape index (κ1) is 17.4. The molecule has 1 heterocycles. The van der Waals surface area contributed by atoms with Crippen molar-refractivity contribution in [1.82, 2.24) is 0 Å². The highest BCUT2D eigenvalue weighted by Gasteiger charge is 2.25. The highest BCUT2D eigenvalue weighted by Crippen LogP contribution is 2.30. The number of para-hydroxylation sites is 2. The van der Waals surface area contributed by atoms with Crippen LogP contribution in [0.1, 0.15) is 12.0 Å². The standard InChI is InChI=1S/C19H19NO4S/c1-25-15-8-6-14(7-9-15)13-24-19(22)12-20-16-4-2-3-5-17(16)23-11-10-18(20)21/h2-9H,10-13H2,1H3. The first-order valence-corrected chi connectivity index (χ1v) is 9.20. The topological polar surface area (TPSA) is 55.8 Å². The fourth-order valence-electron chi connectivity index (χ4n) is 2.55. The highest BCUT2D eigenvalue weighted by molar-refractivity contribution is 7.98. The Morgan fingerprint density at radius 1 is 1.20 bits per heavy atom. The Hall–Kier alpha value is -2.47. The Balaban J connectivity index is 1.64. The van der Waals surface area contributed by atoms with E-state index in [0.717, 1.165) is 10.5 Å². The van der Waals surface area contributed by atoms with E-state index in [2.05, 4.69) is 0 Å². The van der Waals surface area contributed by atoms with Crippen molar-refractivity contribution >= 4 is 29.3 Å². The summed E-state index contributed by atoms with van der Waals surface area (Å²) in [5.74, 6) is 0.0130. The first-order chi connectivity index (χ1) is 12.2. The highest BCUT2D eigenvalue weighted by atomic mass is 32.2. The van der Waals surface area contributed by atoms with Crippen LogP contribution in [0.15, 0.2) is 53.4 Å². The SMILES string of the molecule is CSc1ccc(COC(=O)CN2C(=O)CCOc3ccccc32)cc1. The van der Waals surface area contributed by atoms with Gasteiger partial charge in [0, 0.05) is 4.90 Å². The molecular formula is C19H19NO4S. The van der Waals surface area contributed by atoms with Crippen molar-refractivity contribution < 1.29 is 19.1 Å². The van der Waals surface area contributed by atoms with Crippen molar-refractivity contribution in [2.45, 2.75) is 17.9 Å². The van der Waals surface area contributed by atoms with E-state index >= 15 is 0 Å². The number of ether oxygens (including phenoxy) is 2. The zero-order chi connectivity index (χ0) is 17.6. The van der Waals surface area contributed by atoms with Gasteiger partial charge in [-0.05, 0) is 36.1 Å². The molecule has 25 heavy (non-hydrogen) atoms. The molecule has 0 radical (unpaired) electrons. The molecule has 0 aromatic heterocycles. The first-order valence-electron chi connectivity index (χ1n) is 7.98. The number of amides is 1. The van der Waals surface area contributed by atoms with Crippen LogP contribution in [0.3, 0.4) is 0 Å². The Labute approximate surface area is 150 Å². The normalized spacial score (nSPS) is 13.6. The molecule has 130 valence electrons. The van der Waals surface area contributed by atoms with Crippen molar-refractivity contribution in [2.75, 3.05) is 24.3 Å². The van der Waals surface area contributed by atoms with Crippen molar-refractivity contribution in [2.24, 2.45) is 0 Å². The van der Waals surface area contributed by atoms with Crippen LogP contribution in [-0.2, 0) is 20.9 Å². The zero-order valence-electron chi connectivity index (χ0n) is 13.9. The summed E-state index contributed by atoms with van der Waals surface area (Å²) >= 11 is 1.66. The van der Waals surface area contributed by atoms with E-state index in [9.17, 15) is 9.59 Å². The molecule has 0 bridgehead atoms. The summed E-state index contributed by atoms with van der Waals surface area (Å²) in [6.45, 7) is 0.374. The van der Waals surface area contributed by atoms with Crippen LogP contribution >= 0.6 is 11.8 Å². The molecule has 3 rings (SSSR count). The van der Waals surface area contributed by atoms with Gasteiger partial charge in [0.15, 0.2) is 0 Å². The maximum atomic E-state index is 12.3. The minimum atomic E-state index is -0.445. The lowest BCUT2D eigenvalue weighted by molar-refractivity contribution is -0.144. The Bertz CT molecular complexity index is 760. The van der Waals surface area contributed by atoms with Gasteiger partial charge in [-0.15, -0.1) is 11.8 Å². The lowest BCUT2D eigenvalue weighted by Crippen LogP contribution is -2.36. The van der Waals surface area contributed by atoms with Crippen molar-refractivity contribution in [3.8, 4) is 5.75 Å². The fourth-order valence-corrected chi connectivity index (χ4v) is 2.96. The van der Waals surface area contributed by atoms with Crippen molar-refractivity contribution in [3.63, 3.8) is 0 Å². The second-order valence-electron chi connectivity index (χ2n) is 5.55. The van der Waals surface area contributed by atoms with E-state index in [0.29, 0.717) is 18.0 Å². The Kier molecular flexibility index (Phi) is 5.60. The number of carbonyl (C=O) groups excluding carboxylic acids is 2. The number of hydrogen-bond donors (Lipinski definition) is 0. The predicted molar refractivity (Wildman–Crippen MR) is 96.9 cm³/mol. The lowest BCUT2D eigenvalue weighted by Gasteiger charge is -2.20. The molecule has 0 atom stereocenters. The maximum absolute atomic E-state index is 12.3. The van der Waals surface area contributed by atoms with Crippen LogP contribution in [0, 0.1) is 0 Å². The summed E-state index contributed by atoms with van der Waals surface area (Å²) in [5, 5.41) is 0. The van der Waals surface area contributed by atoms with Crippen LogP contribution < -0.4 is 9.64 Å². The molecule has 0 fully saturated rings. The van der Waals surface area contributed by atoms with Gasteiger partial charge in [0.25, 0.3) is 0 Å². The third-order valence-corrected chi connectivity index (χ3v) is 4.62. The minimum absolute atomic E-state index is 0.123. The number of anilines is 1. The van der Waals surface area contributed by atoms with Crippen LogP contribution in [-0.4, -0.2) is 31.3 Å². The predicted octanol–water partition coefficient (Wildman–Crippen LogP) is 3.27. The molecule has 6 heteroatoms. The molecule has 1 amide bonds. The van der Waals surface area contributed by atoms with Crippen LogP contribution in [0.5, 0.6) is 5.75 Å². The van der Waals surface area contributed by atoms with Gasteiger partial charge < -0.3 is 9.47 Å². The molecule has 1 aliphatic rings. The van der Waals surface area contributed by atoms with E-state index in [1.165, 1.54) is 4.90 Å². The number of carbonyl (C=O) groups is 2. The zero-order valence-corrected chi connectivity index (χ0v) is 14.8. The quantitative estimate of drug-likeness (QED) is 0.607. The Morgan fingerprint density at radius 3 is 2.72 bits per heavy atom. The van der Waals surface area contributed by atoms with E-state index in [-0.39, 0.29) is 25.5 Å². The molecule has 0 N–H and O–H groups in total. The molecular weight excluding hydrogens is 338 g/mol. The van der Waals surface area contributed by atoms with E-state index in [1.807, 2.05) is 42.7 Å². The number of nitrogens with zero attached hydrogens (tertiary/aromatic N) is 1. The van der Waals surface area contributed by atoms with Gasteiger partial charge in [0.2, 0.25) is 5.91 Å². The maximum Gasteiger partial charge on any atom is 0.326 e. The number of thioether (sulfide) groups is 1. The van der Waals surface area contributed by atoms with Crippen LogP contribution in [0.2, 0.25) is 0 Å². The smallest absolute Gasteiger partial charge is 0.326 e. The number of hydrogen-bond acceptors (Lipinski definition) is 5. The van der Waals surface area contributed by atoms with Crippen LogP contribution in [0.4, 0.5) is 5.69 Å². The molecule has 2 aromatic rings. The third kappa shape index (κ3) is 4.33. The van der Waals surface area contributed by atoms with Gasteiger partial charge in [-0.1, -0.05) is 24.3 Å². The second-order valence-corrected chi connectivity index (χ2v) is 6.43. The molecule has 1 aliphatic heterocycles. The lowest BCUT2D eigenvalue weighted by atomic mass is 10.2. The van der Waals surface area contributed by atoms with Gasteiger partial charge in [0.1, 0.15) is 18.9 Å². The van der Waals surface area contributed by atoms with Gasteiger partial charge in [-0.25, -0.2) is 0 Å². The molecule has 2 aromatic carbocycles. The molecule has 0 unspecified atom stereocenters. The van der Waals surface area contributed by atoms with E-state index < -0.39 is 5.97 Å². The number of esters is 1. The minimum Gasteiger partial charge on any atom is -0.491 e. The van der Waals surface area contributed by atoms with Gasteiger partial charge in [-0.2, -0.15) is 0 Å². The molecule has 0 aliphatic carbocycles. The Morgan fingerprint density at radius 2 is 1.96 bits per heavy atom. The van der Waals surface area contributed by atoms with Crippen molar-refractivity contribution in [3.05, 3.63) is 54.1 Å². The summed E-state index contributed by atoms with van der Waals surface area (Å²) in [4.78, 5) is 27.1. The molecule has 0 spiro atoms. The average Bonchev–Trinajstić information content (AvgIpc) is 2.80. The fraction of sp³-hybridized carbons (Fsp3) is 0.263. The molecule has 5 nitrogen and oxygen atoms in total. The van der Waals surface area contributed by atoms with Crippen LogP contribution in [0.25, 0.3) is 0 Å². The third-order valence-electron chi connectivity index (χ3n) is 3.88. The summed E-state index contributed by atoms with van der Waals surface area (Å²) in [6.07, 6.45) is 2.24. The molecule has 0 saturated carbocycles. The largest absolute Gasteiger partial charge is 0.491 e. The summed E-state index contributed by atoms with van der Waals surface area (Å²) < 4.78 is 10.9. The monoisotopic (exact) mass is 357 g/mol. The summed E-state index contributed by atoms with van der Waals surface area (Å²) in [6, 6.07) is 15.0. The summed E-state index contributed by atoms with van der Waals surface area (Å²) in [5.41, 5.74) is 1.52. The number of fused-ring (bicyclic) bond motifs is 1. The summed E-state index contributed by atoms with van der Waals surface area (Å²) in [7, 11) is 0. The average molecular weight is 357 g/mol. The van der Waals surface area contributed by atoms with E-state index in [4.69, 9.17) is 9.47 Å².